The molecule has 0 spiro atoms. The lowest BCUT2D eigenvalue weighted by atomic mass is 9.99. The molecule has 0 aliphatic carbocycles. The first-order valence-corrected chi connectivity index (χ1v) is 4.76. The van der Waals surface area contributed by atoms with Crippen molar-refractivity contribution in [1.29, 1.82) is 5.26 Å². The Labute approximate surface area is 86.7 Å². The van der Waals surface area contributed by atoms with Gasteiger partial charge in [-0.1, -0.05) is 0 Å². The van der Waals surface area contributed by atoms with Crippen molar-refractivity contribution < 1.29 is 14.2 Å². The number of halogens is 1. The number of rotatable bonds is 2. The van der Waals surface area contributed by atoms with Gasteiger partial charge in [0.25, 0.3) is 0 Å². The van der Waals surface area contributed by atoms with E-state index in [2.05, 4.69) is 0 Å². The highest BCUT2D eigenvalue weighted by atomic mass is 19.1. The van der Waals surface area contributed by atoms with Gasteiger partial charge in [0.2, 0.25) is 0 Å². The van der Waals surface area contributed by atoms with Crippen LogP contribution in [0.25, 0.3) is 0 Å². The van der Waals surface area contributed by atoms with Crippen molar-refractivity contribution >= 4 is 0 Å². The first kappa shape index (κ1) is 9.94. The molecule has 1 heterocycles. The number of hydrogen-bond acceptors (Lipinski definition) is 3. The van der Waals surface area contributed by atoms with E-state index < -0.39 is 5.82 Å². The second-order valence-electron chi connectivity index (χ2n) is 3.38. The Bertz CT molecular complexity index is 437. The van der Waals surface area contributed by atoms with Crippen molar-refractivity contribution in [2.45, 2.75) is 12.8 Å². The van der Waals surface area contributed by atoms with Crippen LogP contribution in [-0.4, -0.2) is 18.3 Å². The molecule has 3 nitrogen and oxygen atoms in total. The molecule has 4 heteroatoms. The summed E-state index contributed by atoms with van der Waals surface area (Å²) in [6.45, 7) is 0.448. The SMILES string of the molecule is N#Cc1c(F)cc(CCO)c2c1OCC2. The second-order valence-corrected chi connectivity index (χ2v) is 3.38. The van der Waals surface area contributed by atoms with Crippen molar-refractivity contribution in [2.24, 2.45) is 0 Å². The summed E-state index contributed by atoms with van der Waals surface area (Å²) in [6.07, 6.45) is 1.08. The van der Waals surface area contributed by atoms with Crippen molar-refractivity contribution in [2.75, 3.05) is 13.2 Å². The summed E-state index contributed by atoms with van der Waals surface area (Å²) < 4.78 is 18.7. The Hall–Kier alpha value is -1.60. The van der Waals surface area contributed by atoms with Crippen molar-refractivity contribution in [3.05, 3.63) is 28.6 Å². The molecule has 0 saturated heterocycles. The maximum absolute atomic E-state index is 13.4. The largest absolute Gasteiger partial charge is 0.491 e. The Morgan fingerprint density at radius 1 is 1.60 bits per heavy atom. The van der Waals surface area contributed by atoms with Gasteiger partial charge in [0, 0.05) is 18.6 Å². The average Bonchev–Trinajstić information content (AvgIpc) is 2.67. The number of aliphatic hydroxyl groups is 1. The Morgan fingerprint density at radius 2 is 2.40 bits per heavy atom. The van der Waals surface area contributed by atoms with Crippen LogP contribution in [0.4, 0.5) is 4.39 Å². The molecule has 1 aromatic carbocycles. The van der Waals surface area contributed by atoms with Crippen molar-refractivity contribution in [1.82, 2.24) is 0 Å². The number of benzene rings is 1. The van der Waals surface area contributed by atoms with E-state index in [0.717, 1.165) is 11.1 Å². The minimum Gasteiger partial charge on any atom is -0.491 e. The van der Waals surface area contributed by atoms with Crippen molar-refractivity contribution in [3.63, 3.8) is 0 Å². The monoisotopic (exact) mass is 207 g/mol. The average molecular weight is 207 g/mol. The van der Waals surface area contributed by atoms with Crippen LogP contribution < -0.4 is 4.74 Å². The van der Waals surface area contributed by atoms with Crippen LogP contribution in [0.1, 0.15) is 16.7 Å². The minimum atomic E-state index is -0.568. The molecule has 0 saturated carbocycles. The van der Waals surface area contributed by atoms with Crippen LogP contribution in [0.2, 0.25) is 0 Å². The van der Waals surface area contributed by atoms with Crippen LogP contribution in [0, 0.1) is 17.1 Å². The Kier molecular flexibility index (Phi) is 2.57. The Morgan fingerprint density at radius 3 is 3.07 bits per heavy atom. The van der Waals surface area contributed by atoms with Crippen LogP contribution >= 0.6 is 0 Å². The molecule has 2 rings (SSSR count). The highest BCUT2D eigenvalue weighted by molar-refractivity contribution is 5.54. The third kappa shape index (κ3) is 1.55. The lowest BCUT2D eigenvalue weighted by Gasteiger charge is -2.08. The van der Waals surface area contributed by atoms with E-state index in [4.69, 9.17) is 15.1 Å². The van der Waals surface area contributed by atoms with Gasteiger partial charge in [0.05, 0.1) is 6.61 Å². The predicted octanol–water partition coefficient (Wildman–Crippen LogP) is 1.17. The third-order valence-electron chi connectivity index (χ3n) is 2.52. The summed E-state index contributed by atoms with van der Waals surface area (Å²) in [5, 5.41) is 17.6. The summed E-state index contributed by atoms with van der Waals surface area (Å²) in [5.74, 6) is -0.206. The fraction of sp³-hybridized carbons (Fsp3) is 0.364. The predicted molar refractivity (Wildman–Crippen MR) is 51.1 cm³/mol. The molecule has 1 aliphatic heterocycles. The number of fused-ring (bicyclic) bond motifs is 1. The van der Waals surface area contributed by atoms with Gasteiger partial charge in [-0.2, -0.15) is 5.26 Å². The standard InChI is InChI=1S/C11H10FNO2/c12-10-5-7(1-3-14)8-2-4-15-11(8)9(10)6-13/h5,14H,1-4H2. The van der Waals surface area contributed by atoms with E-state index in [0.29, 0.717) is 25.2 Å². The first-order valence-electron chi connectivity index (χ1n) is 4.76. The summed E-state index contributed by atoms with van der Waals surface area (Å²) in [5.41, 5.74) is 1.58. The smallest absolute Gasteiger partial charge is 0.145 e. The highest BCUT2D eigenvalue weighted by Gasteiger charge is 2.23. The molecule has 0 amide bonds. The maximum Gasteiger partial charge on any atom is 0.145 e. The van der Waals surface area contributed by atoms with Gasteiger partial charge in [-0.15, -0.1) is 0 Å². The summed E-state index contributed by atoms with van der Waals surface area (Å²) in [7, 11) is 0. The summed E-state index contributed by atoms with van der Waals surface area (Å²) in [4.78, 5) is 0. The van der Waals surface area contributed by atoms with Gasteiger partial charge >= 0.3 is 0 Å². The fourth-order valence-corrected chi connectivity index (χ4v) is 1.85. The van der Waals surface area contributed by atoms with E-state index in [9.17, 15) is 4.39 Å². The van der Waals surface area contributed by atoms with Crippen molar-refractivity contribution in [3.8, 4) is 11.8 Å². The van der Waals surface area contributed by atoms with Crippen LogP contribution in [-0.2, 0) is 12.8 Å². The van der Waals surface area contributed by atoms with E-state index in [1.165, 1.54) is 6.07 Å². The zero-order chi connectivity index (χ0) is 10.8. The molecule has 0 atom stereocenters. The molecular weight excluding hydrogens is 197 g/mol. The molecule has 0 unspecified atom stereocenters. The van der Waals surface area contributed by atoms with E-state index in [1.807, 2.05) is 0 Å². The molecule has 0 radical (unpaired) electrons. The van der Waals surface area contributed by atoms with E-state index in [-0.39, 0.29) is 12.2 Å². The quantitative estimate of drug-likeness (QED) is 0.791. The highest BCUT2D eigenvalue weighted by Crippen LogP contribution is 2.34. The lowest BCUT2D eigenvalue weighted by Crippen LogP contribution is -1.99. The zero-order valence-corrected chi connectivity index (χ0v) is 8.09. The molecule has 1 aromatic rings. The molecule has 0 aromatic heterocycles. The molecule has 15 heavy (non-hydrogen) atoms. The topological polar surface area (TPSA) is 53.2 Å². The van der Waals surface area contributed by atoms with Gasteiger partial charge in [0.1, 0.15) is 23.2 Å². The Balaban J connectivity index is 2.58. The minimum absolute atomic E-state index is 0.0239. The third-order valence-corrected chi connectivity index (χ3v) is 2.52. The molecule has 1 aliphatic rings. The normalized spacial score (nSPS) is 13.1. The number of nitriles is 1. The number of hydrogen-bond donors (Lipinski definition) is 1. The van der Waals surface area contributed by atoms with E-state index in [1.54, 1.807) is 6.07 Å². The molecule has 78 valence electrons. The van der Waals surface area contributed by atoms with Gasteiger partial charge in [-0.25, -0.2) is 4.39 Å². The van der Waals surface area contributed by atoms with Gasteiger partial charge in [-0.3, -0.25) is 0 Å². The van der Waals surface area contributed by atoms with Crippen LogP contribution in [0.5, 0.6) is 5.75 Å². The lowest BCUT2D eigenvalue weighted by molar-refractivity contribution is 0.299. The molecule has 0 bridgehead atoms. The number of ether oxygens (including phenoxy) is 1. The summed E-state index contributed by atoms with van der Waals surface area (Å²) in [6, 6.07) is 3.12. The van der Waals surface area contributed by atoms with Gasteiger partial charge < -0.3 is 9.84 Å². The number of aliphatic hydroxyl groups excluding tert-OH is 1. The number of nitrogens with zero attached hydrogens (tertiary/aromatic N) is 1. The maximum atomic E-state index is 13.4. The fourth-order valence-electron chi connectivity index (χ4n) is 1.85. The van der Waals surface area contributed by atoms with Crippen LogP contribution in [0.3, 0.4) is 0 Å². The zero-order valence-electron chi connectivity index (χ0n) is 8.09. The molecule has 0 fully saturated rings. The second kappa shape index (κ2) is 3.87. The molecule has 1 N–H and O–H groups in total. The molecular formula is C11H10FNO2. The van der Waals surface area contributed by atoms with E-state index >= 15 is 0 Å². The van der Waals surface area contributed by atoms with Gasteiger partial charge in [-0.05, 0) is 18.1 Å². The van der Waals surface area contributed by atoms with Crippen LogP contribution in [0.15, 0.2) is 6.07 Å². The van der Waals surface area contributed by atoms with Gasteiger partial charge in [0.15, 0.2) is 0 Å². The first-order chi connectivity index (χ1) is 7.27. The summed E-state index contributed by atoms with van der Waals surface area (Å²) >= 11 is 0.